The van der Waals surface area contributed by atoms with Crippen molar-refractivity contribution in [1.82, 2.24) is 16.0 Å². The van der Waals surface area contributed by atoms with Crippen molar-refractivity contribution in [3.8, 4) is 0 Å². The lowest BCUT2D eigenvalue weighted by atomic mass is 10.1. The fourth-order valence-corrected chi connectivity index (χ4v) is 2.86. The Balaban J connectivity index is 2.78. The van der Waals surface area contributed by atoms with E-state index in [9.17, 15) is 19.2 Å². The number of hydrogen-bond acceptors (Lipinski definition) is 8. The predicted octanol–water partition coefficient (Wildman–Crippen LogP) is 2.75. The summed E-state index contributed by atoms with van der Waals surface area (Å²) in [6, 6.07) is 8.19. The molecule has 1 aromatic rings. The summed E-state index contributed by atoms with van der Waals surface area (Å²) in [6.07, 6.45) is -0.905. The fraction of sp³-hybridized carbons (Fsp3) is 0.577. The number of ether oxygens (including phenoxy) is 3. The van der Waals surface area contributed by atoms with Gasteiger partial charge in [-0.3, -0.25) is 15.1 Å². The van der Waals surface area contributed by atoms with Gasteiger partial charge in [-0.1, -0.05) is 30.3 Å². The van der Waals surface area contributed by atoms with E-state index in [1.807, 2.05) is 30.3 Å². The predicted molar refractivity (Wildman–Crippen MR) is 142 cm³/mol. The van der Waals surface area contributed by atoms with Crippen LogP contribution in [0.15, 0.2) is 35.3 Å². The second kappa shape index (κ2) is 15.4. The number of amides is 3. The van der Waals surface area contributed by atoms with Crippen LogP contribution in [0.1, 0.15) is 66.4 Å². The van der Waals surface area contributed by atoms with Crippen molar-refractivity contribution < 1.29 is 33.4 Å². The molecule has 0 fully saturated rings. The molecule has 0 unspecified atom stereocenters. The molecular formula is C26H41N5O7. The summed E-state index contributed by atoms with van der Waals surface area (Å²) in [5.41, 5.74) is 4.51. The average Bonchev–Trinajstić information content (AvgIpc) is 2.77. The monoisotopic (exact) mass is 535 g/mol. The maximum atomic E-state index is 12.7. The van der Waals surface area contributed by atoms with Gasteiger partial charge >= 0.3 is 18.2 Å². The van der Waals surface area contributed by atoms with Crippen molar-refractivity contribution in [3.63, 3.8) is 0 Å². The van der Waals surface area contributed by atoms with E-state index >= 15 is 0 Å². The number of hydrogen-bond donors (Lipinski definition) is 4. The second-order valence-corrected chi connectivity index (χ2v) is 10.4. The molecule has 0 aliphatic heterocycles. The molecule has 12 nitrogen and oxygen atoms in total. The molecule has 0 aromatic heterocycles. The Kier molecular flexibility index (Phi) is 13.1. The van der Waals surface area contributed by atoms with Crippen molar-refractivity contribution in [3.05, 3.63) is 35.9 Å². The number of primary amides is 1. The summed E-state index contributed by atoms with van der Waals surface area (Å²) in [7, 11) is 0. The van der Waals surface area contributed by atoms with Gasteiger partial charge in [0.2, 0.25) is 11.9 Å². The molecule has 0 heterocycles. The number of carbonyl (C=O) groups is 4. The minimum Gasteiger partial charge on any atom is -0.458 e. The van der Waals surface area contributed by atoms with Crippen LogP contribution in [-0.2, 0) is 30.4 Å². The molecule has 0 radical (unpaired) electrons. The topological polar surface area (TPSA) is 170 Å². The quantitative estimate of drug-likeness (QED) is 0.110. The molecule has 38 heavy (non-hydrogen) atoms. The van der Waals surface area contributed by atoms with Gasteiger partial charge in [-0.25, -0.2) is 14.4 Å². The highest BCUT2D eigenvalue weighted by atomic mass is 16.6. The number of nitrogens with zero attached hydrogens (tertiary/aromatic N) is 1. The maximum Gasteiger partial charge on any atom is 0.414 e. The van der Waals surface area contributed by atoms with Gasteiger partial charge in [-0.05, 0) is 59.9 Å². The molecular weight excluding hydrogens is 494 g/mol. The van der Waals surface area contributed by atoms with Crippen LogP contribution in [0.4, 0.5) is 9.59 Å². The van der Waals surface area contributed by atoms with E-state index in [4.69, 9.17) is 19.9 Å². The molecule has 12 heteroatoms. The summed E-state index contributed by atoms with van der Waals surface area (Å²) in [6.45, 7) is 10.7. The number of nitrogens with two attached hydrogens (primary N) is 1. The number of rotatable bonds is 11. The van der Waals surface area contributed by atoms with E-state index in [1.165, 1.54) is 0 Å². The molecule has 0 bridgehead atoms. The first-order chi connectivity index (χ1) is 17.6. The molecule has 1 aromatic carbocycles. The number of benzene rings is 1. The van der Waals surface area contributed by atoms with Crippen molar-refractivity contribution >= 4 is 30.0 Å². The molecule has 0 saturated carbocycles. The van der Waals surface area contributed by atoms with E-state index in [2.05, 4.69) is 20.9 Å². The fourth-order valence-electron chi connectivity index (χ4n) is 2.86. The van der Waals surface area contributed by atoms with Crippen LogP contribution in [-0.4, -0.2) is 60.4 Å². The lowest BCUT2D eigenvalue weighted by Crippen LogP contribution is -2.46. The normalized spacial score (nSPS) is 12.6. The van der Waals surface area contributed by atoms with Crippen LogP contribution in [0.2, 0.25) is 0 Å². The molecule has 5 N–H and O–H groups in total. The maximum absolute atomic E-state index is 12.7. The number of esters is 1. The van der Waals surface area contributed by atoms with Gasteiger partial charge in [0.1, 0.15) is 23.9 Å². The Bertz CT molecular complexity index is 953. The van der Waals surface area contributed by atoms with Crippen LogP contribution < -0.4 is 21.7 Å². The van der Waals surface area contributed by atoms with Crippen molar-refractivity contribution in [2.24, 2.45) is 10.7 Å². The lowest BCUT2D eigenvalue weighted by Gasteiger charge is -2.26. The largest absolute Gasteiger partial charge is 0.458 e. The molecule has 212 valence electrons. The minimum absolute atomic E-state index is 0.0281. The summed E-state index contributed by atoms with van der Waals surface area (Å²) >= 11 is 0. The second-order valence-electron chi connectivity index (χ2n) is 10.4. The third-order valence-corrected chi connectivity index (χ3v) is 4.40. The number of nitrogens with one attached hydrogen (secondary N) is 3. The van der Waals surface area contributed by atoms with E-state index in [1.54, 1.807) is 41.5 Å². The van der Waals surface area contributed by atoms with Gasteiger partial charge < -0.3 is 30.6 Å². The third kappa shape index (κ3) is 16.0. The molecule has 3 amide bonds. The van der Waals surface area contributed by atoms with Crippen LogP contribution in [0.25, 0.3) is 0 Å². The molecule has 1 atom stereocenters. The number of aliphatic imine (C=N–C) groups is 1. The Morgan fingerprint density at radius 3 is 2.16 bits per heavy atom. The first kappa shape index (κ1) is 32.2. The highest BCUT2D eigenvalue weighted by Crippen LogP contribution is 2.12. The molecule has 0 aliphatic rings. The lowest BCUT2D eigenvalue weighted by molar-refractivity contribution is -0.157. The van der Waals surface area contributed by atoms with E-state index in [-0.39, 0.29) is 38.5 Å². The van der Waals surface area contributed by atoms with Crippen molar-refractivity contribution in [2.75, 3.05) is 13.1 Å². The van der Waals surface area contributed by atoms with Crippen LogP contribution in [0, 0.1) is 0 Å². The zero-order chi connectivity index (χ0) is 28.8. The average molecular weight is 536 g/mol. The van der Waals surface area contributed by atoms with Crippen molar-refractivity contribution in [2.45, 2.75) is 84.7 Å². The summed E-state index contributed by atoms with van der Waals surface area (Å²) in [4.78, 5) is 52.6. The standard InChI is InChI=1S/C26H41N5O7/c1-25(2,3)37-21(33)19(30-24(35)38-26(4,5)6)13-10-15-28-22(29-16-14-20(27)32)31-23(34)36-17-18-11-8-7-9-12-18/h7-9,11-12,19H,10,13-17H2,1-6H3,(H2,27,32)(H,30,35)(H2,28,29,31,34)/t19-/m0/s1. The SMILES string of the molecule is CC(C)(C)OC(=O)N[C@@H](CCCN=C(NCCC(N)=O)NC(=O)OCc1ccccc1)C(=O)OC(C)(C)C. The van der Waals surface area contributed by atoms with E-state index in [0.717, 1.165) is 5.56 Å². The zero-order valence-electron chi connectivity index (χ0n) is 23.1. The van der Waals surface area contributed by atoms with Crippen LogP contribution in [0.3, 0.4) is 0 Å². The number of guanidine groups is 1. The van der Waals surface area contributed by atoms with E-state index < -0.39 is 41.3 Å². The van der Waals surface area contributed by atoms with E-state index in [0.29, 0.717) is 6.42 Å². The Morgan fingerprint density at radius 1 is 0.947 bits per heavy atom. The zero-order valence-corrected chi connectivity index (χ0v) is 23.1. The van der Waals surface area contributed by atoms with Crippen molar-refractivity contribution in [1.29, 1.82) is 0 Å². The van der Waals surface area contributed by atoms with Gasteiger partial charge in [-0.15, -0.1) is 0 Å². The first-order valence-corrected chi connectivity index (χ1v) is 12.4. The third-order valence-electron chi connectivity index (χ3n) is 4.40. The summed E-state index contributed by atoms with van der Waals surface area (Å²) in [5, 5.41) is 7.90. The highest BCUT2D eigenvalue weighted by Gasteiger charge is 2.28. The molecule has 1 rings (SSSR count). The van der Waals surface area contributed by atoms with Gasteiger partial charge in [-0.2, -0.15) is 0 Å². The number of alkyl carbamates (subject to hydrolysis) is 2. The van der Waals surface area contributed by atoms with Gasteiger partial charge in [0.15, 0.2) is 0 Å². The molecule has 0 spiro atoms. The number of carbonyl (C=O) groups excluding carboxylic acids is 4. The van der Waals surface area contributed by atoms with Crippen LogP contribution >= 0.6 is 0 Å². The highest BCUT2D eigenvalue weighted by molar-refractivity contribution is 5.94. The summed E-state index contributed by atoms with van der Waals surface area (Å²) in [5.74, 6) is -1.04. The Morgan fingerprint density at radius 2 is 1.58 bits per heavy atom. The molecule has 0 aliphatic carbocycles. The molecule has 0 saturated heterocycles. The van der Waals surface area contributed by atoms with Gasteiger partial charge in [0, 0.05) is 19.5 Å². The van der Waals surface area contributed by atoms with Gasteiger partial charge in [0.25, 0.3) is 0 Å². The van der Waals surface area contributed by atoms with Gasteiger partial charge in [0.05, 0.1) is 0 Å². The Hall–Kier alpha value is -3.83. The van der Waals surface area contributed by atoms with Crippen LogP contribution in [0.5, 0.6) is 0 Å². The Labute approximate surface area is 224 Å². The minimum atomic E-state index is -0.964. The summed E-state index contributed by atoms with van der Waals surface area (Å²) < 4.78 is 15.9. The first-order valence-electron chi connectivity index (χ1n) is 12.4. The smallest absolute Gasteiger partial charge is 0.414 e.